The van der Waals surface area contributed by atoms with Gasteiger partial charge in [-0.3, -0.25) is 4.99 Å². The van der Waals surface area contributed by atoms with Crippen molar-refractivity contribution in [2.45, 2.75) is 19.8 Å². The van der Waals surface area contributed by atoms with E-state index in [0.717, 1.165) is 43.3 Å². The van der Waals surface area contributed by atoms with Gasteiger partial charge in [0.2, 0.25) is 0 Å². The lowest BCUT2D eigenvalue weighted by Crippen LogP contribution is -2.29. The summed E-state index contributed by atoms with van der Waals surface area (Å²) < 4.78 is 5.54. The lowest BCUT2D eigenvalue weighted by molar-refractivity contribution is 0.129. The first-order valence-electron chi connectivity index (χ1n) is 5.83. The summed E-state index contributed by atoms with van der Waals surface area (Å²) in [6, 6.07) is 0. The molecule has 0 bridgehead atoms. The van der Waals surface area contributed by atoms with E-state index in [4.69, 9.17) is 4.74 Å². The monoisotopic (exact) mass is 228 g/mol. The van der Waals surface area contributed by atoms with Crippen molar-refractivity contribution in [2.75, 3.05) is 32.1 Å². The van der Waals surface area contributed by atoms with Crippen molar-refractivity contribution in [1.82, 2.24) is 5.32 Å². The summed E-state index contributed by atoms with van der Waals surface area (Å²) in [6.07, 6.45) is 2.74. The van der Waals surface area contributed by atoms with Gasteiger partial charge in [-0.2, -0.15) is 0 Å². The van der Waals surface area contributed by atoms with Crippen LogP contribution in [-0.4, -0.2) is 37.2 Å². The average Bonchev–Trinajstić information content (AvgIpc) is 3.04. The minimum Gasteiger partial charge on any atom is -0.379 e. The van der Waals surface area contributed by atoms with Gasteiger partial charge in [0.1, 0.15) is 0 Å². The molecular weight excluding hydrogens is 208 g/mol. The summed E-state index contributed by atoms with van der Waals surface area (Å²) in [5, 5.41) is 4.42. The normalized spacial score (nSPS) is 26.2. The van der Waals surface area contributed by atoms with Crippen LogP contribution in [0.2, 0.25) is 0 Å². The number of rotatable bonds is 5. The lowest BCUT2D eigenvalue weighted by Gasteiger charge is -2.17. The van der Waals surface area contributed by atoms with E-state index in [0.29, 0.717) is 0 Å². The molecule has 2 aliphatic rings. The summed E-state index contributed by atoms with van der Waals surface area (Å²) in [6.45, 7) is 5.88. The molecule has 1 saturated carbocycles. The van der Waals surface area contributed by atoms with E-state index >= 15 is 0 Å². The maximum Gasteiger partial charge on any atom is 0.156 e. The van der Waals surface area contributed by atoms with Crippen LogP contribution < -0.4 is 5.32 Å². The van der Waals surface area contributed by atoms with Gasteiger partial charge >= 0.3 is 0 Å². The first kappa shape index (κ1) is 11.3. The van der Waals surface area contributed by atoms with E-state index in [1.165, 1.54) is 18.6 Å². The highest BCUT2D eigenvalue weighted by atomic mass is 32.2. The van der Waals surface area contributed by atoms with Crippen molar-refractivity contribution < 1.29 is 4.74 Å². The standard InChI is InChI=1S/C11H20N2OS/c1-9-6-13-11(15-8-9)12-4-5-14-7-10-2-3-10/h9-10H,2-8H2,1H3,(H,12,13). The predicted molar refractivity (Wildman–Crippen MR) is 65.5 cm³/mol. The Balaban J connectivity index is 1.49. The van der Waals surface area contributed by atoms with Crippen molar-refractivity contribution >= 4 is 16.9 Å². The molecule has 1 fully saturated rings. The van der Waals surface area contributed by atoms with Crippen molar-refractivity contribution in [3.05, 3.63) is 0 Å². The minimum atomic E-state index is 0.728. The number of aliphatic imine (C=N–C) groups is 1. The Labute approximate surface area is 96.1 Å². The highest BCUT2D eigenvalue weighted by molar-refractivity contribution is 8.13. The Morgan fingerprint density at radius 3 is 3.07 bits per heavy atom. The number of amidine groups is 1. The Bertz CT molecular complexity index is 229. The van der Waals surface area contributed by atoms with E-state index in [2.05, 4.69) is 17.2 Å². The van der Waals surface area contributed by atoms with Gasteiger partial charge in [0.05, 0.1) is 6.61 Å². The molecule has 1 aliphatic heterocycles. The highest BCUT2D eigenvalue weighted by Crippen LogP contribution is 2.28. The number of nitrogens with one attached hydrogen (secondary N) is 1. The molecule has 0 aromatic rings. The predicted octanol–water partition coefficient (Wildman–Crippen LogP) is 1.74. The Morgan fingerprint density at radius 2 is 2.40 bits per heavy atom. The topological polar surface area (TPSA) is 33.6 Å². The number of thioether (sulfide) groups is 1. The third-order valence-corrected chi connectivity index (χ3v) is 3.91. The summed E-state index contributed by atoms with van der Waals surface area (Å²) in [4.78, 5) is 4.47. The molecule has 0 aromatic carbocycles. The zero-order valence-electron chi connectivity index (χ0n) is 9.37. The van der Waals surface area contributed by atoms with E-state index in [1.807, 2.05) is 11.8 Å². The highest BCUT2D eigenvalue weighted by Gasteiger charge is 2.20. The molecule has 1 heterocycles. The van der Waals surface area contributed by atoms with Crippen LogP contribution >= 0.6 is 11.8 Å². The lowest BCUT2D eigenvalue weighted by atomic mass is 10.2. The molecule has 0 saturated heterocycles. The van der Waals surface area contributed by atoms with Crippen LogP contribution in [-0.2, 0) is 4.74 Å². The first-order chi connectivity index (χ1) is 7.34. The molecule has 86 valence electrons. The molecule has 1 N–H and O–H groups in total. The van der Waals surface area contributed by atoms with Crippen LogP contribution in [0.5, 0.6) is 0 Å². The molecular formula is C11H20N2OS. The molecule has 4 heteroatoms. The molecule has 1 aliphatic carbocycles. The second kappa shape index (κ2) is 5.75. The molecule has 1 unspecified atom stereocenters. The fourth-order valence-electron chi connectivity index (χ4n) is 1.43. The summed E-state index contributed by atoms with van der Waals surface area (Å²) in [5.74, 6) is 2.79. The van der Waals surface area contributed by atoms with Gasteiger partial charge in [0.15, 0.2) is 5.17 Å². The SMILES string of the molecule is CC1CN=C(NCCOCC2CC2)SC1. The van der Waals surface area contributed by atoms with E-state index in [-0.39, 0.29) is 0 Å². The Hall–Kier alpha value is -0.220. The molecule has 0 spiro atoms. The van der Waals surface area contributed by atoms with Gasteiger partial charge in [-0.05, 0) is 24.7 Å². The summed E-state index contributed by atoms with van der Waals surface area (Å²) in [7, 11) is 0. The van der Waals surface area contributed by atoms with Crippen molar-refractivity contribution in [2.24, 2.45) is 16.8 Å². The average molecular weight is 228 g/mol. The molecule has 0 radical (unpaired) electrons. The van der Waals surface area contributed by atoms with Crippen LogP contribution in [0.25, 0.3) is 0 Å². The smallest absolute Gasteiger partial charge is 0.156 e. The summed E-state index contributed by atoms with van der Waals surface area (Å²) in [5.41, 5.74) is 0. The zero-order valence-corrected chi connectivity index (χ0v) is 10.2. The van der Waals surface area contributed by atoms with Crippen LogP contribution in [0.1, 0.15) is 19.8 Å². The zero-order chi connectivity index (χ0) is 10.5. The first-order valence-corrected chi connectivity index (χ1v) is 6.82. The number of nitrogens with zero attached hydrogens (tertiary/aromatic N) is 1. The van der Waals surface area contributed by atoms with E-state index in [9.17, 15) is 0 Å². The van der Waals surface area contributed by atoms with Crippen molar-refractivity contribution in [1.29, 1.82) is 0 Å². The Morgan fingerprint density at radius 1 is 1.53 bits per heavy atom. The maximum atomic E-state index is 5.54. The van der Waals surface area contributed by atoms with Crippen LogP contribution in [0.4, 0.5) is 0 Å². The van der Waals surface area contributed by atoms with Gasteiger partial charge in [-0.1, -0.05) is 18.7 Å². The second-order valence-electron chi connectivity index (χ2n) is 4.51. The molecule has 2 rings (SSSR count). The minimum absolute atomic E-state index is 0.728. The third-order valence-electron chi connectivity index (χ3n) is 2.62. The fourth-order valence-corrected chi connectivity index (χ4v) is 2.35. The van der Waals surface area contributed by atoms with Crippen LogP contribution in [0.15, 0.2) is 4.99 Å². The van der Waals surface area contributed by atoms with E-state index in [1.54, 1.807) is 0 Å². The Kier molecular flexibility index (Phi) is 4.32. The number of ether oxygens (including phenoxy) is 1. The molecule has 15 heavy (non-hydrogen) atoms. The van der Waals surface area contributed by atoms with Gasteiger partial charge in [-0.15, -0.1) is 0 Å². The quantitative estimate of drug-likeness (QED) is 0.728. The summed E-state index contributed by atoms with van der Waals surface area (Å²) >= 11 is 1.83. The van der Waals surface area contributed by atoms with E-state index < -0.39 is 0 Å². The molecule has 3 nitrogen and oxygen atoms in total. The van der Waals surface area contributed by atoms with Crippen LogP contribution in [0, 0.1) is 11.8 Å². The van der Waals surface area contributed by atoms with Crippen LogP contribution in [0.3, 0.4) is 0 Å². The third kappa shape index (κ3) is 4.43. The molecule has 0 aromatic heterocycles. The molecule has 1 atom stereocenters. The number of hydrogen-bond acceptors (Lipinski definition) is 4. The number of hydrogen-bond donors (Lipinski definition) is 1. The second-order valence-corrected chi connectivity index (χ2v) is 5.52. The van der Waals surface area contributed by atoms with Gasteiger partial charge in [0, 0.05) is 25.4 Å². The van der Waals surface area contributed by atoms with Crippen molar-refractivity contribution in [3.63, 3.8) is 0 Å². The largest absolute Gasteiger partial charge is 0.379 e. The van der Waals surface area contributed by atoms with Gasteiger partial charge < -0.3 is 10.1 Å². The van der Waals surface area contributed by atoms with Crippen molar-refractivity contribution in [3.8, 4) is 0 Å². The van der Waals surface area contributed by atoms with Gasteiger partial charge in [-0.25, -0.2) is 0 Å². The van der Waals surface area contributed by atoms with Gasteiger partial charge in [0.25, 0.3) is 0 Å². The maximum absolute atomic E-state index is 5.54. The molecule has 0 amide bonds. The fraction of sp³-hybridized carbons (Fsp3) is 0.909.